The molecule has 3 heteroatoms. The lowest BCUT2D eigenvalue weighted by molar-refractivity contribution is 0.0987. The molecule has 0 saturated carbocycles. The Morgan fingerprint density at radius 1 is 1.16 bits per heavy atom. The predicted octanol–water partition coefficient (Wildman–Crippen LogP) is 3.24. The molecule has 0 amide bonds. The van der Waals surface area contributed by atoms with Gasteiger partial charge in [0.25, 0.3) is 0 Å². The van der Waals surface area contributed by atoms with Crippen LogP contribution in [0.1, 0.15) is 45.3 Å². The zero-order chi connectivity index (χ0) is 14.3. The number of nitrogens with zero attached hydrogens (tertiary/aromatic N) is 1. The topological polar surface area (TPSA) is 32.7 Å². The molecule has 0 aliphatic heterocycles. The Balaban J connectivity index is 2.74. The van der Waals surface area contributed by atoms with E-state index in [1.807, 2.05) is 31.2 Å². The Hall–Kier alpha value is -1.06. The van der Waals surface area contributed by atoms with Crippen molar-refractivity contribution < 1.29 is 9.84 Å². The lowest BCUT2D eigenvalue weighted by Crippen LogP contribution is -2.34. The van der Waals surface area contributed by atoms with Gasteiger partial charge in [0.15, 0.2) is 0 Å². The van der Waals surface area contributed by atoms with Crippen molar-refractivity contribution in [2.24, 2.45) is 0 Å². The van der Waals surface area contributed by atoms with Gasteiger partial charge < -0.3 is 14.7 Å². The molecule has 0 aromatic heterocycles. The molecule has 0 bridgehead atoms. The largest absolute Gasteiger partial charge is 0.493 e. The van der Waals surface area contributed by atoms with Gasteiger partial charge in [-0.3, -0.25) is 0 Å². The van der Waals surface area contributed by atoms with Crippen molar-refractivity contribution in [3.8, 4) is 5.75 Å². The Morgan fingerprint density at radius 3 is 2.37 bits per heavy atom. The van der Waals surface area contributed by atoms with Gasteiger partial charge in [0.1, 0.15) is 5.75 Å². The first-order valence-corrected chi connectivity index (χ1v) is 7.23. The van der Waals surface area contributed by atoms with Gasteiger partial charge in [0.2, 0.25) is 0 Å². The molecule has 3 nitrogen and oxygen atoms in total. The number of aliphatic hydroxyl groups excluding tert-OH is 1. The second-order valence-corrected chi connectivity index (χ2v) is 4.90. The molecule has 0 radical (unpaired) electrons. The fraction of sp³-hybridized carbons (Fsp3) is 0.625. The number of likely N-dealkylation sites (N-methyl/N-ethyl adjacent to an activating group) is 1. The Kier molecular flexibility index (Phi) is 6.89. The van der Waals surface area contributed by atoms with E-state index in [4.69, 9.17) is 4.74 Å². The maximum Gasteiger partial charge on any atom is 0.125 e. The summed E-state index contributed by atoms with van der Waals surface area (Å²) < 4.78 is 5.57. The number of ether oxygens (including phenoxy) is 1. The third kappa shape index (κ3) is 4.51. The van der Waals surface area contributed by atoms with Gasteiger partial charge in [-0.15, -0.1) is 0 Å². The second-order valence-electron chi connectivity index (χ2n) is 4.90. The minimum atomic E-state index is -0.506. The zero-order valence-corrected chi connectivity index (χ0v) is 12.6. The van der Waals surface area contributed by atoms with Crippen molar-refractivity contribution in [3.63, 3.8) is 0 Å². The summed E-state index contributed by atoms with van der Waals surface area (Å²) in [5.41, 5.74) is 0.877. The van der Waals surface area contributed by atoms with Crippen LogP contribution in [0.25, 0.3) is 0 Å². The third-order valence-corrected chi connectivity index (χ3v) is 3.60. The molecule has 1 N–H and O–H groups in total. The van der Waals surface area contributed by atoms with E-state index in [0.717, 1.165) is 24.2 Å². The van der Waals surface area contributed by atoms with Crippen LogP contribution in [0.3, 0.4) is 0 Å². The second kappa shape index (κ2) is 8.18. The van der Waals surface area contributed by atoms with E-state index < -0.39 is 6.10 Å². The van der Waals surface area contributed by atoms with Gasteiger partial charge >= 0.3 is 0 Å². The van der Waals surface area contributed by atoms with Crippen molar-refractivity contribution in [1.82, 2.24) is 4.90 Å². The zero-order valence-electron chi connectivity index (χ0n) is 12.6. The first-order valence-electron chi connectivity index (χ1n) is 7.23. The SMILES string of the molecule is CCOc1ccccc1C(O)CN(C)C(CC)CC. The molecule has 1 aromatic carbocycles. The molecule has 0 aliphatic rings. The maximum absolute atomic E-state index is 10.4. The van der Waals surface area contributed by atoms with Gasteiger partial charge in [0, 0.05) is 18.2 Å². The average molecular weight is 265 g/mol. The minimum Gasteiger partial charge on any atom is -0.493 e. The summed E-state index contributed by atoms with van der Waals surface area (Å²) in [4.78, 5) is 2.23. The fourth-order valence-electron chi connectivity index (χ4n) is 2.47. The van der Waals surface area contributed by atoms with Crippen LogP contribution < -0.4 is 4.74 Å². The standard InChI is InChI=1S/C16H27NO2/c1-5-13(6-2)17(4)12-15(18)14-10-8-9-11-16(14)19-7-3/h8-11,13,15,18H,5-7,12H2,1-4H3. The molecule has 1 unspecified atom stereocenters. The van der Waals surface area contributed by atoms with E-state index >= 15 is 0 Å². The first kappa shape index (κ1) is 16.0. The van der Waals surface area contributed by atoms with E-state index in [0.29, 0.717) is 19.2 Å². The van der Waals surface area contributed by atoms with Crippen LogP contribution in [0, 0.1) is 0 Å². The number of hydrogen-bond donors (Lipinski definition) is 1. The van der Waals surface area contributed by atoms with Crippen LogP contribution in [0.2, 0.25) is 0 Å². The normalized spacial score (nSPS) is 13.0. The molecule has 0 saturated heterocycles. The summed E-state index contributed by atoms with van der Waals surface area (Å²) in [6.45, 7) is 7.58. The van der Waals surface area contributed by atoms with E-state index in [-0.39, 0.29) is 0 Å². The third-order valence-electron chi connectivity index (χ3n) is 3.60. The molecule has 1 rings (SSSR count). The van der Waals surface area contributed by atoms with Crippen LogP contribution >= 0.6 is 0 Å². The Labute approximate surface area is 117 Å². The van der Waals surface area contributed by atoms with Crippen molar-refractivity contribution in [1.29, 1.82) is 0 Å². The highest BCUT2D eigenvalue weighted by atomic mass is 16.5. The van der Waals surface area contributed by atoms with Gasteiger partial charge in [-0.05, 0) is 32.9 Å². The first-order chi connectivity index (χ1) is 9.13. The number of rotatable bonds is 8. The molecule has 108 valence electrons. The van der Waals surface area contributed by atoms with Crippen LogP contribution in [0.15, 0.2) is 24.3 Å². The number of para-hydroxylation sites is 1. The highest BCUT2D eigenvalue weighted by molar-refractivity contribution is 5.35. The van der Waals surface area contributed by atoms with E-state index in [1.54, 1.807) is 0 Å². The molecule has 1 aromatic rings. The molecule has 0 aliphatic carbocycles. The Morgan fingerprint density at radius 2 is 1.79 bits per heavy atom. The minimum absolute atomic E-state index is 0.506. The van der Waals surface area contributed by atoms with Crippen LogP contribution in [0.4, 0.5) is 0 Å². The quantitative estimate of drug-likeness (QED) is 0.783. The monoisotopic (exact) mass is 265 g/mol. The van der Waals surface area contributed by atoms with E-state index in [2.05, 4.69) is 25.8 Å². The van der Waals surface area contributed by atoms with E-state index in [9.17, 15) is 5.11 Å². The van der Waals surface area contributed by atoms with Gasteiger partial charge in [-0.2, -0.15) is 0 Å². The summed E-state index contributed by atoms with van der Waals surface area (Å²) in [6, 6.07) is 8.26. The van der Waals surface area contributed by atoms with Crippen molar-refractivity contribution in [2.45, 2.75) is 45.8 Å². The maximum atomic E-state index is 10.4. The molecular formula is C16H27NO2. The molecule has 0 spiro atoms. The molecule has 0 fully saturated rings. The summed E-state index contributed by atoms with van der Waals surface area (Å²) in [5, 5.41) is 10.4. The average Bonchev–Trinajstić information content (AvgIpc) is 2.41. The smallest absolute Gasteiger partial charge is 0.125 e. The fourth-order valence-corrected chi connectivity index (χ4v) is 2.47. The molecule has 0 heterocycles. The summed E-state index contributed by atoms with van der Waals surface area (Å²) in [7, 11) is 2.07. The Bertz CT molecular complexity index is 364. The van der Waals surface area contributed by atoms with Crippen LogP contribution in [-0.2, 0) is 0 Å². The lowest BCUT2D eigenvalue weighted by atomic mass is 10.1. The van der Waals surface area contributed by atoms with Crippen molar-refractivity contribution >= 4 is 0 Å². The van der Waals surface area contributed by atoms with Gasteiger partial charge in [-0.25, -0.2) is 0 Å². The highest BCUT2D eigenvalue weighted by Crippen LogP contribution is 2.26. The number of benzene rings is 1. The van der Waals surface area contributed by atoms with E-state index in [1.165, 1.54) is 0 Å². The van der Waals surface area contributed by atoms with Crippen LogP contribution in [0.5, 0.6) is 5.75 Å². The van der Waals surface area contributed by atoms with Gasteiger partial charge in [0.05, 0.1) is 12.7 Å². The predicted molar refractivity (Wildman–Crippen MR) is 79.6 cm³/mol. The number of hydrogen-bond acceptors (Lipinski definition) is 3. The highest BCUT2D eigenvalue weighted by Gasteiger charge is 2.18. The molecule has 1 atom stereocenters. The molecule has 19 heavy (non-hydrogen) atoms. The summed E-state index contributed by atoms with van der Waals surface area (Å²) >= 11 is 0. The number of aliphatic hydroxyl groups is 1. The lowest BCUT2D eigenvalue weighted by Gasteiger charge is -2.28. The van der Waals surface area contributed by atoms with Crippen molar-refractivity contribution in [2.75, 3.05) is 20.2 Å². The summed E-state index contributed by atoms with van der Waals surface area (Å²) in [6.07, 6.45) is 1.70. The molecular weight excluding hydrogens is 238 g/mol. The van der Waals surface area contributed by atoms with Crippen LogP contribution in [-0.4, -0.2) is 36.2 Å². The van der Waals surface area contributed by atoms with Gasteiger partial charge in [-0.1, -0.05) is 32.0 Å². The summed E-state index contributed by atoms with van der Waals surface area (Å²) in [5.74, 6) is 0.787. The van der Waals surface area contributed by atoms with Crippen molar-refractivity contribution in [3.05, 3.63) is 29.8 Å².